The lowest BCUT2D eigenvalue weighted by Crippen LogP contribution is -2.38. The van der Waals surface area contributed by atoms with Crippen LogP contribution >= 0.6 is 0 Å². The maximum atomic E-state index is 12.2. The van der Waals surface area contributed by atoms with E-state index in [1.807, 2.05) is 60.7 Å². The van der Waals surface area contributed by atoms with Gasteiger partial charge in [-0.25, -0.2) is 0 Å². The molecule has 1 saturated heterocycles. The smallest absolute Gasteiger partial charge is 0.246 e. The number of carbonyl (C=O) groups excluding carboxylic acids is 1. The number of nitrogens with one attached hydrogen (secondary N) is 1. The first kappa shape index (κ1) is 19.5. The van der Waals surface area contributed by atoms with Gasteiger partial charge in [-0.15, -0.1) is 0 Å². The fraction of sp³-hybridized carbons (Fsp3) is 0.409. The highest BCUT2D eigenvalue weighted by Crippen LogP contribution is 2.25. The van der Waals surface area contributed by atoms with Gasteiger partial charge in [-0.3, -0.25) is 9.69 Å². The number of morpholine rings is 1. The summed E-state index contributed by atoms with van der Waals surface area (Å²) in [4.78, 5) is 14.6. The molecule has 0 spiro atoms. The monoisotopic (exact) mass is 368 g/mol. The van der Waals surface area contributed by atoms with Gasteiger partial charge in [0.05, 0.1) is 13.2 Å². The van der Waals surface area contributed by atoms with Crippen LogP contribution in [0.15, 0.2) is 60.7 Å². The Labute approximate surface area is 161 Å². The van der Waals surface area contributed by atoms with Crippen molar-refractivity contribution in [3.8, 4) is 0 Å². The highest BCUT2D eigenvalue weighted by atomic mass is 16.5. The van der Waals surface area contributed by atoms with Crippen LogP contribution in [0.25, 0.3) is 0 Å². The average molecular weight is 368 g/mol. The Morgan fingerprint density at radius 3 is 2.19 bits per heavy atom. The van der Waals surface area contributed by atoms with E-state index in [1.54, 1.807) is 0 Å². The number of hydrogen-bond acceptors (Lipinski definition) is 4. The van der Waals surface area contributed by atoms with Crippen LogP contribution in [0.3, 0.4) is 0 Å². The predicted octanol–water partition coefficient (Wildman–Crippen LogP) is 2.63. The fourth-order valence-corrected chi connectivity index (χ4v) is 3.21. The Hall–Kier alpha value is -2.21. The molecule has 0 aliphatic carbocycles. The van der Waals surface area contributed by atoms with Gasteiger partial charge in [0.25, 0.3) is 0 Å². The lowest BCUT2D eigenvalue weighted by atomic mass is 10.0. The molecule has 0 radical (unpaired) electrons. The molecule has 2 aromatic carbocycles. The molecule has 0 saturated carbocycles. The van der Waals surface area contributed by atoms with Crippen LogP contribution in [-0.2, 0) is 14.3 Å². The zero-order chi connectivity index (χ0) is 18.7. The largest absolute Gasteiger partial charge is 0.379 e. The minimum Gasteiger partial charge on any atom is -0.379 e. The van der Waals surface area contributed by atoms with Crippen molar-refractivity contribution in [3.05, 3.63) is 71.8 Å². The van der Waals surface area contributed by atoms with Crippen LogP contribution in [0, 0.1) is 0 Å². The normalized spacial score (nSPS) is 15.0. The van der Waals surface area contributed by atoms with E-state index in [2.05, 4.69) is 10.2 Å². The number of benzene rings is 2. The number of rotatable bonds is 9. The van der Waals surface area contributed by atoms with E-state index < -0.39 is 0 Å². The third-order valence-corrected chi connectivity index (χ3v) is 4.66. The summed E-state index contributed by atoms with van der Waals surface area (Å²) < 4.78 is 11.3. The van der Waals surface area contributed by atoms with Crippen LogP contribution in [0.5, 0.6) is 0 Å². The van der Waals surface area contributed by atoms with Crippen LogP contribution in [0.2, 0.25) is 0 Å². The van der Waals surface area contributed by atoms with Gasteiger partial charge in [-0.1, -0.05) is 60.7 Å². The Morgan fingerprint density at radius 2 is 1.59 bits per heavy atom. The Morgan fingerprint density at radius 1 is 1.00 bits per heavy atom. The minimum atomic E-state index is -0.244. The van der Waals surface area contributed by atoms with Crippen LogP contribution in [0.4, 0.5) is 0 Å². The molecular weight excluding hydrogens is 340 g/mol. The van der Waals surface area contributed by atoms with E-state index in [1.165, 1.54) is 0 Å². The summed E-state index contributed by atoms with van der Waals surface area (Å²) in [6.07, 6.45) is 0.693. The van der Waals surface area contributed by atoms with E-state index in [9.17, 15) is 4.79 Å². The topological polar surface area (TPSA) is 50.8 Å². The summed E-state index contributed by atoms with van der Waals surface area (Å²) in [7, 11) is 0. The molecule has 3 rings (SSSR count). The van der Waals surface area contributed by atoms with Crippen molar-refractivity contribution in [2.45, 2.75) is 12.5 Å². The zero-order valence-corrected chi connectivity index (χ0v) is 15.7. The molecule has 1 fully saturated rings. The van der Waals surface area contributed by atoms with E-state index in [-0.39, 0.29) is 18.6 Å². The van der Waals surface area contributed by atoms with Gasteiger partial charge in [-0.2, -0.15) is 0 Å². The molecule has 1 heterocycles. The van der Waals surface area contributed by atoms with Gasteiger partial charge >= 0.3 is 0 Å². The summed E-state index contributed by atoms with van der Waals surface area (Å²) in [6.45, 7) is 5.27. The van der Waals surface area contributed by atoms with Crippen molar-refractivity contribution in [1.29, 1.82) is 0 Å². The summed E-state index contributed by atoms with van der Waals surface area (Å²) >= 11 is 0. The summed E-state index contributed by atoms with van der Waals surface area (Å²) in [5.41, 5.74) is 2.09. The molecule has 5 heteroatoms. The molecule has 1 aliphatic rings. The number of ether oxygens (including phenoxy) is 2. The van der Waals surface area contributed by atoms with E-state index >= 15 is 0 Å². The molecule has 0 unspecified atom stereocenters. The molecule has 1 N–H and O–H groups in total. The van der Waals surface area contributed by atoms with Gasteiger partial charge in [-0.05, 0) is 24.1 Å². The highest BCUT2D eigenvalue weighted by molar-refractivity contribution is 5.77. The maximum absolute atomic E-state index is 12.2. The second-order valence-electron chi connectivity index (χ2n) is 6.67. The van der Waals surface area contributed by atoms with Crippen molar-refractivity contribution in [2.24, 2.45) is 0 Å². The minimum absolute atomic E-state index is 0.0476. The van der Waals surface area contributed by atoms with Crippen molar-refractivity contribution in [1.82, 2.24) is 10.2 Å². The first-order valence-electron chi connectivity index (χ1n) is 9.61. The Balaban J connectivity index is 1.45. The van der Waals surface area contributed by atoms with E-state index in [0.29, 0.717) is 6.54 Å². The van der Waals surface area contributed by atoms with Gasteiger partial charge in [0.2, 0.25) is 5.91 Å². The molecule has 0 atom stereocenters. The van der Waals surface area contributed by atoms with Crippen molar-refractivity contribution in [2.75, 3.05) is 46.0 Å². The molecule has 0 bridgehead atoms. The Kier molecular flexibility index (Phi) is 7.84. The standard InChI is InChI=1S/C22H28N2O3/c25-21(23-12-7-13-24-14-16-26-17-15-24)18-27-22(19-8-3-1-4-9-19)20-10-5-2-6-11-20/h1-6,8-11,22H,7,12-18H2,(H,23,25). The van der Waals surface area contributed by atoms with Crippen molar-refractivity contribution >= 4 is 5.91 Å². The van der Waals surface area contributed by atoms with Crippen LogP contribution in [-0.4, -0.2) is 56.8 Å². The SMILES string of the molecule is O=C(COC(c1ccccc1)c1ccccc1)NCCCN1CCOCC1. The molecule has 2 aromatic rings. The zero-order valence-electron chi connectivity index (χ0n) is 15.7. The maximum Gasteiger partial charge on any atom is 0.246 e. The predicted molar refractivity (Wildman–Crippen MR) is 106 cm³/mol. The van der Waals surface area contributed by atoms with Gasteiger partial charge in [0.15, 0.2) is 0 Å². The van der Waals surface area contributed by atoms with E-state index in [0.717, 1.165) is 50.4 Å². The third-order valence-electron chi connectivity index (χ3n) is 4.66. The third kappa shape index (κ3) is 6.47. The molecular formula is C22H28N2O3. The van der Waals surface area contributed by atoms with E-state index in [4.69, 9.17) is 9.47 Å². The second-order valence-corrected chi connectivity index (χ2v) is 6.67. The molecule has 5 nitrogen and oxygen atoms in total. The first-order valence-corrected chi connectivity index (χ1v) is 9.61. The number of carbonyl (C=O) groups is 1. The Bertz CT molecular complexity index is 633. The first-order chi connectivity index (χ1) is 13.3. The average Bonchev–Trinajstić information content (AvgIpc) is 2.74. The highest BCUT2D eigenvalue weighted by Gasteiger charge is 2.16. The molecule has 1 aliphatic heterocycles. The lowest BCUT2D eigenvalue weighted by molar-refractivity contribution is -0.127. The molecule has 0 aromatic heterocycles. The second kappa shape index (κ2) is 10.8. The van der Waals surface area contributed by atoms with Crippen molar-refractivity contribution in [3.63, 3.8) is 0 Å². The summed E-state index contributed by atoms with van der Waals surface area (Å²) in [5, 5.41) is 2.96. The molecule has 1 amide bonds. The number of hydrogen-bond donors (Lipinski definition) is 1. The quantitative estimate of drug-likeness (QED) is 0.692. The summed E-state index contributed by atoms with van der Waals surface area (Å²) in [6, 6.07) is 20.0. The lowest BCUT2D eigenvalue weighted by Gasteiger charge is -2.26. The number of amides is 1. The van der Waals surface area contributed by atoms with Crippen LogP contribution in [0.1, 0.15) is 23.7 Å². The van der Waals surface area contributed by atoms with Gasteiger partial charge in [0.1, 0.15) is 12.7 Å². The number of nitrogens with zero attached hydrogens (tertiary/aromatic N) is 1. The van der Waals surface area contributed by atoms with Crippen molar-refractivity contribution < 1.29 is 14.3 Å². The molecule has 27 heavy (non-hydrogen) atoms. The molecule has 144 valence electrons. The fourth-order valence-electron chi connectivity index (χ4n) is 3.21. The summed E-state index contributed by atoms with van der Waals surface area (Å²) in [5.74, 6) is -0.0751. The van der Waals surface area contributed by atoms with Crippen LogP contribution < -0.4 is 5.32 Å². The van der Waals surface area contributed by atoms with Gasteiger partial charge < -0.3 is 14.8 Å². The van der Waals surface area contributed by atoms with Gasteiger partial charge in [0, 0.05) is 19.6 Å².